The van der Waals surface area contributed by atoms with Gasteiger partial charge in [0.25, 0.3) is 0 Å². The molecule has 0 saturated heterocycles. The number of nitrogens with zero attached hydrogens (tertiary/aromatic N) is 1. The minimum atomic E-state index is 0.0600. The first-order valence-electron chi connectivity index (χ1n) is 13.9. The van der Waals surface area contributed by atoms with Crippen LogP contribution in [-0.4, -0.2) is 42.3 Å². The molecular formula is C31H41N5O. The highest BCUT2D eigenvalue weighted by molar-refractivity contribution is 5.94. The van der Waals surface area contributed by atoms with Gasteiger partial charge in [0.2, 0.25) is 0 Å². The molecule has 2 unspecified atom stereocenters. The minimum absolute atomic E-state index is 0.0600. The van der Waals surface area contributed by atoms with Crippen molar-refractivity contribution in [3.05, 3.63) is 65.5 Å². The molecule has 2 heterocycles. The van der Waals surface area contributed by atoms with E-state index < -0.39 is 0 Å². The number of para-hydroxylation sites is 1. The van der Waals surface area contributed by atoms with Gasteiger partial charge >= 0.3 is 0 Å². The average molecular weight is 500 g/mol. The molecule has 196 valence electrons. The molecule has 0 fully saturated rings. The predicted molar refractivity (Wildman–Crippen MR) is 155 cm³/mol. The van der Waals surface area contributed by atoms with Gasteiger partial charge in [0, 0.05) is 59.0 Å². The Morgan fingerprint density at radius 3 is 2.81 bits per heavy atom. The highest BCUT2D eigenvalue weighted by atomic mass is 16.5. The zero-order valence-electron chi connectivity index (χ0n) is 22.3. The van der Waals surface area contributed by atoms with Gasteiger partial charge in [0.1, 0.15) is 5.75 Å². The van der Waals surface area contributed by atoms with E-state index >= 15 is 0 Å². The highest BCUT2D eigenvalue weighted by Crippen LogP contribution is 2.35. The second-order valence-corrected chi connectivity index (χ2v) is 10.5. The van der Waals surface area contributed by atoms with Crippen LogP contribution in [0, 0.1) is 0 Å². The fourth-order valence-corrected chi connectivity index (χ4v) is 5.67. The van der Waals surface area contributed by atoms with Crippen LogP contribution in [0.15, 0.2) is 48.7 Å². The molecule has 37 heavy (non-hydrogen) atoms. The summed E-state index contributed by atoms with van der Waals surface area (Å²) in [6.07, 6.45) is 11.0. The summed E-state index contributed by atoms with van der Waals surface area (Å²) in [7, 11) is 1.73. The second kappa shape index (κ2) is 12.0. The van der Waals surface area contributed by atoms with E-state index in [1.807, 2.05) is 6.07 Å². The Morgan fingerprint density at radius 1 is 1.08 bits per heavy atom. The van der Waals surface area contributed by atoms with Crippen molar-refractivity contribution in [1.29, 1.82) is 0 Å². The maximum absolute atomic E-state index is 6.57. The number of pyridine rings is 1. The number of anilines is 1. The number of nitrogens with one attached hydrogen (secondary N) is 3. The fourth-order valence-electron chi connectivity index (χ4n) is 5.67. The highest BCUT2D eigenvalue weighted by Gasteiger charge is 2.21. The summed E-state index contributed by atoms with van der Waals surface area (Å²) in [6, 6.07) is 15.1. The Kier molecular flexibility index (Phi) is 8.27. The van der Waals surface area contributed by atoms with E-state index in [2.05, 4.69) is 65.1 Å². The van der Waals surface area contributed by atoms with Crippen molar-refractivity contribution in [3.8, 4) is 5.75 Å². The average Bonchev–Trinajstić information content (AvgIpc) is 3.33. The van der Waals surface area contributed by atoms with Crippen LogP contribution in [0.5, 0.6) is 5.75 Å². The standard InChI is InChI=1S/C31H41N5O/c1-3-4-9-23(20-33-19-22(32)16-21-18-34-28-12-7-5-10-25(21)28)35-31-26-11-6-8-13-29(26)36-30-15-14-24(37-2)17-27(30)31/h5,7,10,12,14-15,17-18,22-23,33-34H,3-4,6,8-9,11,13,16,19-20,32H2,1-2H3,(H,35,36). The molecule has 0 spiro atoms. The van der Waals surface area contributed by atoms with Gasteiger partial charge in [-0.25, -0.2) is 0 Å². The van der Waals surface area contributed by atoms with E-state index in [9.17, 15) is 0 Å². The molecule has 2 aromatic carbocycles. The summed E-state index contributed by atoms with van der Waals surface area (Å²) in [5, 5.41) is 10.1. The summed E-state index contributed by atoms with van der Waals surface area (Å²) < 4.78 is 5.57. The number of fused-ring (bicyclic) bond motifs is 3. The number of hydrogen-bond acceptors (Lipinski definition) is 5. The lowest BCUT2D eigenvalue weighted by molar-refractivity contribution is 0.415. The zero-order chi connectivity index (χ0) is 25.6. The number of ether oxygens (including phenoxy) is 1. The first-order valence-corrected chi connectivity index (χ1v) is 13.9. The van der Waals surface area contributed by atoms with Crippen molar-refractivity contribution in [2.45, 2.75) is 70.4 Å². The summed E-state index contributed by atoms with van der Waals surface area (Å²) in [5.41, 5.74) is 14.0. The Bertz CT molecular complexity index is 1330. The molecule has 0 aliphatic heterocycles. The van der Waals surface area contributed by atoms with Crippen LogP contribution in [-0.2, 0) is 19.3 Å². The molecule has 0 bridgehead atoms. The third-order valence-corrected chi connectivity index (χ3v) is 7.68. The largest absolute Gasteiger partial charge is 0.497 e. The molecule has 0 amide bonds. The third-order valence-electron chi connectivity index (χ3n) is 7.68. The van der Waals surface area contributed by atoms with Gasteiger partial charge in [-0.2, -0.15) is 0 Å². The number of H-pyrrole nitrogens is 1. The molecule has 5 N–H and O–H groups in total. The number of hydrogen-bond donors (Lipinski definition) is 4. The monoisotopic (exact) mass is 499 g/mol. The molecule has 2 aromatic heterocycles. The summed E-state index contributed by atoms with van der Waals surface area (Å²) >= 11 is 0. The molecule has 2 atom stereocenters. The number of unbranched alkanes of at least 4 members (excludes halogenated alkanes) is 1. The maximum Gasteiger partial charge on any atom is 0.119 e. The van der Waals surface area contributed by atoms with Crippen molar-refractivity contribution in [3.63, 3.8) is 0 Å². The fraction of sp³-hybridized carbons (Fsp3) is 0.452. The molecule has 5 rings (SSSR count). The van der Waals surface area contributed by atoms with Gasteiger partial charge in [-0.3, -0.25) is 4.98 Å². The van der Waals surface area contributed by atoms with Gasteiger partial charge in [0.15, 0.2) is 0 Å². The number of rotatable bonds is 12. The number of methoxy groups -OCH3 is 1. The SMILES string of the molecule is CCCCC(CNCC(N)Cc1c[nH]c2ccccc12)Nc1c2c(nc3ccc(OC)cc13)CCCC2. The smallest absolute Gasteiger partial charge is 0.119 e. The van der Waals surface area contributed by atoms with E-state index in [1.165, 1.54) is 59.1 Å². The summed E-state index contributed by atoms with van der Waals surface area (Å²) in [6.45, 7) is 3.92. The van der Waals surface area contributed by atoms with Crippen molar-refractivity contribution in [2.24, 2.45) is 5.73 Å². The topological polar surface area (TPSA) is 88.0 Å². The first kappa shape index (κ1) is 25.6. The Hall–Kier alpha value is -3.09. The molecule has 4 aromatic rings. The predicted octanol–water partition coefficient (Wildman–Crippen LogP) is 5.73. The molecule has 0 saturated carbocycles. The number of benzene rings is 2. The van der Waals surface area contributed by atoms with E-state index in [0.29, 0.717) is 6.04 Å². The lowest BCUT2D eigenvalue weighted by atomic mass is 9.92. The lowest BCUT2D eigenvalue weighted by Gasteiger charge is -2.27. The van der Waals surface area contributed by atoms with Gasteiger partial charge in [0.05, 0.1) is 12.6 Å². The molecule has 6 heteroatoms. The summed E-state index contributed by atoms with van der Waals surface area (Å²) in [5.74, 6) is 0.875. The lowest BCUT2D eigenvalue weighted by Crippen LogP contribution is -2.41. The van der Waals surface area contributed by atoms with Crippen LogP contribution in [0.2, 0.25) is 0 Å². The van der Waals surface area contributed by atoms with Crippen LogP contribution >= 0.6 is 0 Å². The zero-order valence-corrected chi connectivity index (χ0v) is 22.3. The van der Waals surface area contributed by atoms with Crippen molar-refractivity contribution < 1.29 is 4.74 Å². The molecule has 6 nitrogen and oxygen atoms in total. The van der Waals surface area contributed by atoms with Crippen LogP contribution < -0.4 is 21.1 Å². The van der Waals surface area contributed by atoms with Crippen LogP contribution in [0.25, 0.3) is 21.8 Å². The van der Waals surface area contributed by atoms with E-state index in [4.69, 9.17) is 15.5 Å². The number of aromatic amines is 1. The van der Waals surface area contributed by atoms with E-state index in [-0.39, 0.29) is 6.04 Å². The van der Waals surface area contributed by atoms with Crippen molar-refractivity contribution in [1.82, 2.24) is 15.3 Å². The number of aryl methyl sites for hydroxylation is 1. The second-order valence-electron chi connectivity index (χ2n) is 10.5. The van der Waals surface area contributed by atoms with Gasteiger partial charge in [-0.15, -0.1) is 0 Å². The van der Waals surface area contributed by atoms with E-state index in [1.54, 1.807) is 7.11 Å². The van der Waals surface area contributed by atoms with Crippen molar-refractivity contribution >= 4 is 27.5 Å². The maximum atomic E-state index is 6.57. The van der Waals surface area contributed by atoms with Crippen LogP contribution in [0.3, 0.4) is 0 Å². The Balaban J connectivity index is 1.30. The molecular weight excluding hydrogens is 458 g/mol. The van der Waals surface area contributed by atoms with Crippen molar-refractivity contribution in [2.75, 3.05) is 25.5 Å². The van der Waals surface area contributed by atoms with E-state index in [0.717, 1.165) is 55.4 Å². The third kappa shape index (κ3) is 5.91. The summed E-state index contributed by atoms with van der Waals surface area (Å²) in [4.78, 5) is 8.40. The first-order chi connectivity index (χ1) is 18.2. The van der Waals surface area contributed by atoms with Gasteiger partial charge in [-0.1, -0.05) is 38.0 Å². The Labute approximate surface area is 220 Å². The quantitative estimate of drug-likeness (QED) is 0.200. The molecule has 1 aliphatic carbocycles. The number of nitrogens with two attached hydrogens (primary N) is 1. The molecule has 0 radical (unpaired) electrons. The minimum Gasteiger partial charge on any atom is -0.497 e. The molecule has 1 aliphatic rings. The Morgan fingerprint density at radius 2 is 1.95 bits per heavy atom. The number of aromatic nitrogens is 2. The van der Waals surface area contributed by atoms with Gasteiger partial charge < -0.3 is 26.1 Å². The van der Waals surface area contributed by atoms with Gasteiger partial charge in [-0.05, 0) is 73.9 Å². The normalized spacial score (nSPS) is 15.0. The van der Waals surface area contributed by atoms with Crippen LogP contribution in [0.1, 0.15) is 55.8 Å². The van der Waals surface area contributed by atoms with Crippen LogP contribution in [0.4, 0.5) is 5.69 Å².